The second-order valence-electron chi connectivity index (χ2n) is 5.40. The fraction of sp³-hybridized carbons (Fsp3) is 0.400. The molecule has 21 heavy (non-hydrogen) atoms. The predicted octanol–water partition coefficient (Wildman–Crippen LogP) is 2.66. The van der Waals surface area contributed by atoms with Crippen molar-refractivity contribution < 1.29 is 0 Å². The lowest BCUT2D eigenvalue weighted by atomic mass is 10.2. The number of hydrogen-bond acceptors (Lipinski definition) is 4. The van der Waals surface area contributed by atoms with Gasteiger partial charge in [-0.25, -0.2) is 4.98 Å². The van der Waals surface area contributed by atoms with Crippen LogP contribution >= 0.6 is 15.9 Å². The molecule has 0 spiro atoms. The smallest absolute Gasteiger partial charge is 0.251 e. The van der Waals surface area contributed by atoms with Crippen LogP contribution in [0, 0.1) is 0 Å². The second-order valence-corrected chi connectivity index (χ2v) is 6.32. The molecule has 0 aromatic carbocycles. The molecule has 2 aromatic rings. The van der Waals surface area contributed by atoms with Gasteiger partial charge in [-0.2, -0.15) is 0 Å². The quantitative estimate of drug-likeness (QED) is 0.871. The highest BCUT2D eigenvalue weighted by molar-refractivity contribution is 9.10. The molecule has 1 aliphatic carbocycles. The molecular formula is C15H17BrN4O. The van der Waals surface area contributed by atoms with E-state index in [4.69, 9.17) is 0 Å². The van der Waals surface area contributed by atoms with Crippen LogP contribution < -0.4 is 10.9 Å². The zero-order valence-electron chi connectivity index (χ0n) is 11.8. The molecule has 2 aromatic heterocycles. The SMILES string of the molecule is CC(NCc1cc(=O)[nH]c(C2CC2)n1)c1ccc(Br)cn1. The van der Waals surface area contributed by atoms with E-state index in [1.165, 1.54) is 0 Å². The summed E-state index contributed by atoms with van der Waals surface area (Å²) in [5.41, 5.74) is 1.67. The third-order valence-electron chi connectivity index (χ3n) is 3.56. The number of nitrogens with one attached hydrogen (secondary N) is 2. The van der Waals surface area contributed by atoms with Gasteiger partial charge in [-0.05, 0) is 47.8 Å². The van der Waals surface area contributed by atoms with Crippen LogP contribution in [0.15, 0.2) is 33.7 Å². The van der Waals surface area contributed by atoms with Crippen molar-refractivity contribution in [3.63, 3.8) is 0 Å². The minimum atomic E-state index is -0.0712. The molecule has 0 saturated heterocycles. The summed E-state index contributed by atoms with van der Waals surface area (Å²) in [4.78, 5) is 23.4. The van der Waals surface area contributed by atoms with Crippen LogP contribution in [0.5, 0.6) is 0 Å². The van der Waals surface area contributed by atoms with Crippen molar-refractivity contribution in [2.75, 3.05) is 0 Å². The lowest BCUT2D eigenvalue weighted by Crippen LogP contribution is -2.22. The minimum absolute atomic E-state index is 0.0712. The van der Waals surface area contributed by atoms with E-state index in [-0.39, 0.29) is 11.6 Å². The molecule has 1 aliphatic rings. The standard InChI is InChI=1S/C15H17BrN4O/c1-9(13-5-4-11(16)7-18-13)17-8-12-6-14(21)20-15(19-12)10-2-3-10/h4-7,9-10,17H,2-3,8H2,1H3,(H,19,20,21). The van der Waals surface area contributed by atoms with Gasteiger partial charge in [0.1, 0.15) is 5.82 Å². The number of rotatable bonds is 5. The Kier molecular flexibility index (Phi) is 4.17. The average molecular weight is 349 g/mol. The van der Waals surface area contributed by atoms with Crippen molar-refractivity contribution >= 4 is 15.9 Å². The summed E-state index contributed by atoms with van der Waals surface area (Å²) in [6.45, 7) is 2.60. The highest BCUT2D eigenvalue weighted by Gasteiger charge is 2.26. The number of hydrogen-bond donors (Lipinski definition) is 2. The maximum atomic E-state index is 11.7. The first-order valence-electron chi connectivity index (χ1n) is 7.07. The Bertz CT molecular complexity index is 679. The van der Waals surface area contributed by atoms with Gasteiger partial charge in [0, 0.05) is 35.2 Å². The van der Waals surface area contributed by atoms with Crippen LogP contribution in [-0.2, 0) is 6.54 Å². The normalized spacial score (nSPS) is 15.9. The van der Waals surface area contributed by atoms with Gasteiger partial charge in [-0.3, -0.25) is 9.78 Å². The van der Waals surface area contributed by atoms with E-state index in [0.29, 0.717) is 12.5 Å². The largest absolute Gasteiger partial charge is 0.310 e. The third-order valence-corrected chi connectivity index (χ3v) is 4.03. The Labute approximate surface area is 131 Å². The highest BCUT2D eigenvalue weighted by atomic mass is 79.9. The van der Waals surface area contributed by atoms with Crippen LogP contribution in [0.3, 0.4) is 0 Å². The van der Waals surface area contributed by atoms with Gasteiger partial charge in [0.25, 0.3) is 5.56 Å². The molecule has 1 saturated carbocycles. The predicted molar refractivity (Wildman–Crippen MR) is 84.0 cm³/mol. The molecule has 110 valence electrons. The lowest BCUT2D eigenvalue weighted by Gasteiger charge is -2.13. The van der Waals surface area contributed by atoms with Gasteiger partial charge in [0.05, 0.1) is 11.4 Å². The summed E-state index contributed by atoms with van der Waals surface area (Å²) in [6.07, 6.45) is 4.03. The summed E-state index contributed by atoms with van der Waals surface area (Å²) >= 11 is 3.37. The Morgan fingerprint density at radius 2 is 2.29 bits per heavy atom. The first kappa shape index (κ1) is 14.4. The molecule has 1 fully saturated rings. The highest BCUT2D eigenvalue weighted by Crippen LogP contribution is 2.37. The molecule has 0 bridgehead atoms. The van der Waals surface area contributed by atoms with E-state index in [1.54, 1.807) is 12.3 Å². The fourth-order valence-corrected chi connectivity index (χ4v) is 2.41. The Morgan fingerprint density at radius 3 is 2.95 bits per heavy atom. The van der Waals surface area contributed by atoms with Crippen LogP contribution in [0.2, 0.25) is 0 Å². The summed E-state index contributed by atoms with van der Waals surface area (Å²) < 4.78 is 0.962. The lowest BCUT2D eigenvalue weighted by molar-refractivity contribution is 0.552. The summed E-state index contributed by atoms with van der Waals surface area (Å²) in [5, 5.41) is 3.36. The molecule has 0 amide bonds. The number of nitrogens with zero attached hydrogens (tertiary/aromatic N) is 2. The van der Waals surface area contributed by atoms with Crippen molar-refractivity contribution in [3.8, 4) is 0 Å². The molecular weight excluding hydrogens is 332 g/mol. The van der Waals surface area contributed by atoms with Crippen molar-refractivity contribution in [2.45, 2.75) is 38.3 Å². The number of halogens is 1. The van der Waals surface area contributed by atoms with Crippen LogP contribution in [0.1, 0.15) is 48.9 Å². The van der Waals surface area contributed by atoms with Gasteiger partial charge in [-0.15, -0.1) is 0 Å². The third kappa shape index (κ3) is 3.77. The Morgan fingerprint density at radius 1 is 1.48 bits per heavy atom. The topological polar surface area (TPSA) is 70.7 Å². The Hall–Kier alpha value is -1.53. The zero-order chi connectivity index (χ0) is 14.8. The molecule has 5 nitrogen and oxygen atoms in total. The molecule has 2 heterocycles. The summed E-state index contributed by atoms with van der Waals surface area (Å²) in [5.74, 6) is 1.27. The summed E-state index contributed by atoms with van der Waals surface area (Å²) in [7, 11) is 0. The van der Waals surface area contributed by atoms with Gasteiger partial charge < -0.3 is 10.3 Å². The van der Waals surface area contributed by atoms with Crippen molar-refractivity contribution in [1.29, 1.82) is 0 Å². The molecule has 1 unspecified atom stereocenters. The van der Waals surface area contributed by atoms with Gasteiger partial charge in [0.15, 0.2) is 0 Å². The zero-order valence-corrected chi connectivity index (χ0v) is 13.4. The first-order chi connectivity index (χ1) is 10.1. The monoisotopic (exact) mass is 348 g/mol. The number of H-pyrrole nitrogens is 1. The molecule has 1 atom stereocenters. The van der Waals surface area contributed by atoms with Crippen LogP contribution in [0.4, 0.5) is 0 Å². The van der Waals surface area contributed by atoms with E-state index >= 15 is 0 Å². The molecule has 3 rings (SSSR count). The van der Waals surface area contributed by atoms with Gasteiger partial charge in [0.2, 0.25) is 0 Å². The molecule has 0 aliphatic heterocycles. The molecule has 6 heteroatoms. The molecule has 0 radical (unpaired) electrons. The Balaban J connectivity index is 1.66. The number of aromatic nitrogens is 3. The maximum absolute atomic E-state index is 11.7. The van der Waals surface area contributed by atoms with E-state index in [9.17, 15) is 4.79 Å². The first-order valence-corrected chi connectivity index (χ1v) is 7.86. The average Bonchev–Trinajstić information content (AvgIpc) is 3.29. The second kappa shape index (κ2) is 6.07. The number of aromatic amines is 1. The van der Waals surface area contributed by atoms with Crippen molar-refractivity contribution in [2.24, 2.45) is 0 Å². The van der Waals surface area contributed by atoms with Gasteiger partial charge in [-0.1, -0.05) is 0 Å². The maximum Gasteiger partial charge on any atom is 0.251 e. The van der Waals surface area contributed by atoms with E-state index in [1.807, 2.05) is 19.1 Å². The van der Waals surface area contributed by atoms with E-state index < -0.39 is 0 Å². The minimum Gasteiger partial charge on any atom is -0.310 e. The van der Waals surface area contributed by atoms with Crippen molar-refractivity contribution in [1.82, 2.24) is 20.3 Å². The van der Waals surface area contributed by atoms with Gasteiger partial charge >= 0.3 is 0 Å². The van der Waals surface area contributed by atoms with Crippen molar-refractivity contribution in [3.05, 3.63) is 56.4 Å². The van der Waals surface area contributed by atoms with Crippen LogP contribution in [0.25, 0.3) is 0 Å². The number of pyridine rings is 1. The van der Waals surface area contributed by atoms with E-state index in [2.05, 4.69) is 36.2 Å². The van der Waals surface area contributed by atoms with E-state index in [0.717, 1.165) is 34.5 Å². The molecule has 2 N–H and O–H groups in total. The summed E-state index contributed by atoms with van der Waals surface area (Å²) in [6, 6.07) is 5.60. The fourth-order valence-electron chi connectivity index (χ4n) is 2.17. The van der Waals surface area contributed by atoms with Crippen LogP contribution in [-0.4, -0.2) is 15.0 Å².